The summed E-state index contributed by atoms with van der Waals surface area (Å²) in [5.41, 5.74) is 3.90. The van der Waals surface area contributed by atoms with Crippen LogP contribution < -0.4 is 9.47 Å². The Morgan fingerprint density at radius 1 is 1.03 bits per heavy atom. The van der Waals surface area contributed by atoms with Gasteiger partial charge in [0.25, 0.3) is 0 Å². The van der Waals surface area contributed by atoms with Crippen LogP contribution in [0.15, 0.2) is 81.9 Å². The van der Waals surface area contributed by atoms with Crippen molar-refractivity contribution in [3.05, 3.63) is 99.2 Å². The Morgan fingerprint density at radius 2 is 1.81 bits per heavy atom. The number of methoxy groups -OCH3 is 1. The second-order valence-corrected chi connectivity index (χ2v) is 7.85. The van der Waals surface area contributed by atoms with E-state index >= 15 is 0 Å². The minimum Gasteiger partial charge on any atom is -0.493 e. The van der Waals surface area contributed by atoms with Crippen molar-refractivity contribution in [1.82, 2.24) is 0 Å². The predicted octanol–water partition coefficient (Wildman–Crippen LogP) is 5.69. The van der Waals surface area contributed by atoms with Gasteiger partial charge in [-0.15, -0.1) is 0 Å². The van der Waals surface area contributed by atoms with Gasteiger partial charge in [-0.2, -0.15) is 0 Å². The maximum Gasteiger partial charge on any atom is 0.363 e. The van der Waals surface area contributed by atoms with E-state index in [4.69, 9.17) is 14.2 Å². The Hall–Kier alpha value is -3.38. The number of ether oxygens (including phenoxy) is 3. The van der Waals surface area contributed by atoms with Crippen LogP contribution in [-0.4, -0.2) is 19.0 Å². The van der Waals surface area contributed by atoms with Gasteiger partial charge in [0.05, 0.1) is 7.11 Å². The lowest BCUT2D eigenvalue weighted by Crippen LogP contribution is -2.05. The summed E-state index contributed by atoms with van der Waals surface area (Å²) < 4.78 is 17.7. The first-order valence-corrected chi connectivity index (χ1v) is 10.5. The molecule has 5 nitrogen and oxygen atoms in total. The predicted molar refractivity (Wildman–Crippen MR) is 123 cm³/mol. The van der Waals surface area contributed by atoms with Crippen LogP contribution in [0.4, 0.5) is 0 Å². The van der Waals surface area contributed by atoms with Crippen LogP contribution in [0, 0.1) is 6.92 Å². The highest BCUT2D eigenvalue weighted by Crippen LogP contribution is 2.31. The quantitative estimate of drug-likeness (QED) is 0.338. The fourth-order valence-electron chi connectivity index (χ4n) is 3.05. The molecule has 4 rings (SSSR count). The molecule has 0 atom stereocenters. The SMILES string of the molecule is COc1cc(C=C2N=C(c3ccc(C)cc3)OC2=O)ccc1OCc1ccccc1Br. The zero-order valence-corrected chi connectivity index (χ0v) is 18.7. The molecule has 0 bridgehead atoms. The molecule has 1 aliphatic rings. The third kappa shape index (κ3) is 4.86. The zero-order chi connectivity index (χ0) is 21.8. The molecule has 0 amide bonds. The summed E-state index contributed by atoms with van der Waals surface area (Å²) in [5.74, 6) is 0.995. The average molecular weight is 478 g/mol. The maximum atomic E-state index is 12.3. The van der Waals surface area contributed by atoms with Gasteiger partial charge >= 0.3 is 5.97 Å². The highest BCUT2D eigenvalue weighted by Gasteiger charge is 2.24. The Kier molecular flexibility index (Phi) is 6.18. The fourth-order valence-corrected chi connectivity index (χ4v) is 3.45. The minimum absolute atomic E-state index is 0.236. The normalized spacial score (nSPS) is 14.4. The van der Waals surface area contributed by atoms with E-state index in [9.17, 15) is 4.79 Å². The van der Waals surface area contributed by atoms with Crippen molar-refractivity contribution in [2.45, 2.75) is 13.5 Å². The van der Waals surface area contributed by atoms with Crippen LogP contribution in [-0.2, 0) is 16.1 Å². The van der Waals surface area contributed by atoms with Crippen LogP contribution in [0.2, 0.25) is 0 Å². The number of halogens is 1. The molecule has 0 radical (unpaired) electrons. The molecule has 0 N–H and O–H groups in total. The number of hydrogen-bond donors (Lipinski definition) is 0. The number of aliphatic imine (C=N–C) groups is 1. The zero-order valence-electron chi connectivity index (χ0n) is 17.1. The monoisotopic (exact) mass is 477 g/mol. The van der Waals surface area contributed by atoms with Crippen molar-refractivity contribution in [3.63, 3.8) is 0 Å². The Morgan fingerprint density at radius 3 is 2.55 bits per heavy atom. The number of esters is 1. The molecule has 0 saturated carbocycles. The molecule has 1 heterocycles. The first-order valence-electron chi connectivity index (χ1n) is 9.67. The van der Waals surface area contributed by atoms with Gasteiger partial charge < -0.3 is 14.2 Å². The van der Waals surface area contributed by atoms with Crippen molar-refractivity contribution < 1.29 is 19.0 Å². The van der Waals surface area contributed by atoms with E-state index < -0.39 is 5.97 Å². The number of benzene rings is 3. The van der Waals surface area contributed by atoms with Gasteiger partial charge in [0, 0.05) is 15.6 Å². The molecule has 1 aliphatic heterocycles. The van der Waals surface area contributed by atoms with Crippen molar-refractivity contribution in [3.8, 4) is 11.5 Å². The maximum absolute atomic E-state index is 12.3. The molecule has 0 fully saturated rings. The summed E-state index contributed by atoms with van der Waals surface area (Å²) >= 11 is 3.52. The summed E-state index contributed by atoms with van der Waals surface area (Å²) in [7, 11) is 1.58. The average Bonchev–Trinajstić information content (AvgIpc) is 3.14. The molecule has 0 unspecified atom stereocenters. The number of rotatable bonds is 6. The number of carbonyl (C=O) groups is 1. The molecular weight excluding hydrogens is 458 g/mol. The number of cyclic esters (lactones) is 1. The summed E-state index contributed by atoms with van der Waals surface area (Å²) in [6.07, 6.45) is 1.67. The molecule has 3 aromatic carbocycles. The molecule has 0 aliphatic carbocycles. The van der Waals surface area contributed by atoms with Crippen LogP contribution >= 0.6 is 15.9 Å². The third-order valence-electron chi connectivity index (χ3n) is 4.75. The molecule has 6 heteroatoms. The van der Waals surface area contributed by atoms with Crippen LogP contribution in [0.3, 0.4) is 0 Å². The largest absolute Gasteiger partial charge is 0.493 e. The first-order chi connectivity index (χ1) is 15.0. The molecular formula is C25H20BrNO4. The van der Waals surface area contributed by atoms with Gasteiger partial charge in [-0.25, -0.2) is 9.79 Å². The summed E-state index contributed by atoms with van der Waals surface area (Å²) in [6.45, 7) is 2.39. The number of nitrogens with zero attached hydrogens (tertiary/aromatic N) is 1. The molecule has 3 aromatic rings. The van der Waals surface area contributed by atoms with Crippen LogP contribution in [0.5, 0.6) is 11.5 Å². The summed E-state index contributed by atoms with van der Waals surface area (Å²) in [6, 6.07) is 21.0. The fraction of sp³-hybridized carbons (Fsp3) is 0.120. The van der Waals surface area contributed by atoms with Crippen molar-refractivity contribution in [1.29, 1.82) is 0 Å². The first kappa shape index (κ1) is 20.9. The smallest absolute Gasteiger partial charge is 0.363 e. The topological polar surface area (TPSA) is 57.1 Å². The number of hydrogen-bond acceptors (Lipinski definition) is 5. The van der Waals surface area contributed by atoms with Gasteiger partial charge in [-0.3, -0.25) is 0 Å². The highest BCUT2D eigenvalue weighted by molar-refractivity contribution is 9.10. The highest BCUT2D eigenvalue weighted by atomic mass is 79.9. The van der Waals surface area contributed by atoms with E-state index in [1.807, 2.05) is 67.6 Å². The van der Waals surface area contributed by atoms with Gasteiger partial charge in [0.2, 0.25) is 5.90 Å². The lowest BCUT2D eigenvalue weighted by Gasteiger charge is -2.12. The van der Waals surface area contributed by atoms with E-state index in [1.54, 1.807) is 19.3 Å². The standard InChI is InChI=1S/C25H20BrNO4/c1-16-7-10-18(11-8-16)24-27-21(25(28)31-24)13-17-9-12-22(23(14-17)29-2)30-15-19-5-3-4-6-20(19)26/h3-14H,15H2,1-2H3. The molecule has 0 aromatic heterocycles. The Labute approximate surface area is 189 Å². The van der Waals surface area contributed by atoms with E-state index in [1.165, 1.54) is 0 Å². The number of carbonyl (C=O) groups excluding carboxylic acids is 1. The van der Waals surface area contributed by atoms with E-state index in [0.29, 0.717) is 24.0 Å². The molecule has 156 valence electrons. The second-order valence-electron chi connectivity index (χ2n) is 6.99. The lowest BCUT2D eigenvalue weighted by molar-refractivity contribution is -0.129. The van der Waals surface area contributed by atoms with Crippen LogP contribution in [0.25, 0.3) is 6.08 Å². The summed E-state index contributed by atoms with van der Waals surface area (Å²) in [5, 5.41) is 0. The van der Waals surface area contributed by atoms with Gasteiger partial charge in [0.15, 0.2) is 17.2 Å². The number of aryl methyl sites for hydroxylation is 1. The van der Waals surface area contributed by atoms with Crippen molar-refractivity contribution in [2.24, 2.45) is 4.99 Å². The molecule has 31 heavy (non-hydrogen) atoms. The van der Waals surface area contributed by atoms with Crippen molar-refractivity contribution >= 4 is 33.9 Å². The Bertz CT molecular complexity index is 1180. The Balaban J connectivity index is 1.54. The van der Waals surface area contributed by atoms with Crippen molar-refractivity contribution in [2.75, 3.05) is 7.11 Å². The minimum atomic E-state index is -0.483. The second kappa shape index (κ2) is 9.18. The third-order valence-corrected chi connectivity index (χ3v) is 5.52. The van der Waals surface area contributed by atoms with Crippen LogP contribution in [0.1, 0.15) is 22.3 Å². The van der Waals surface area contributed by atoms with E-state index in [0.717, 1.165) is 26.7 Å². The van der Waals surface area contributed by atoms with Gasteiger partial charge in [-0.05, 0) is 48.9 Å². The van der Waals surface area contributed by atoms with Gasteiger partial charge in [0.1, 0.15) is 6.61 Å². The lowest BCUT2D eigenvalue weighted by atomic mass is 10.1. The van der Waals surface area contributed by atoms with E-state index in [2.05, 4.69) is 20.9 Å². The van der Waals surface area contributed by atoms with Gasteiger partial charge in [-0.1, -0.05) is 57.9 Å². The molecule has 0 spiro atoms. The summed E-state index contributed by atoms with van der Waals surface area (Å²) in [4.78, 5) is 16.6. The van der Waals surface area contributed by atoms with E-state index in [-0.39, 0.29) is 5.70 Å². The molecule has 0 saturated heterocycles.